The number of hydrogen-bond donors (Lipinski definition) is 1. The third-order valence-electron chi connectivity index (χ3n) is 4.77. The molecule has 1 fully saturated rings. The van der Waals surface area contributed by atoms with Gasteiger partial charge in [-0.1, -0.05) is 19.8 Å². The predicted molar refractivity (Wildman–Crippen MR) is 88.1 cm³/mol. The molecule has 1 aliphatic carbocycles. The van der Waals surface area contributed by atoms with Crippen LogP contribution in [0.3, 0.4) is 0 Å². The smallest absolute Gasteiger partial charge is 0.0635 e. The number of nitrogens with zero attached hydrogens (tertiary/aromatic N) is 2. The third kappa shape index (κ3) is 3.28. The standard InChI is InChI=1S/C16H28BrN3/c1-5-12-6-7-13(9-18-4)14(8-12)16-15(17)10-19-20(16)11(2)3/h10-14,18H,5-9H2,1-4H3. The number of rotatable bonds is 5. The molecule has 0 aliphatic heterocycles. The SMILES string of the molecule is CCC1CCC(CNC)C(c2c(Br)cnn2C(C)C)C1. The average molecular weight is 342 g/mol. The maximum absolute atomic E-state index is 4.59. The molecular formula is C16H28BrN3. The van der Waals surface area contributed by atoms with Gasteiger partial charge in [0.1, 0.15) is 0 Å². The van der Waals surface area contributed by atoms with E-state index < -0.39 is 0 Å². The van der Waals surface area contributed by atoms with Crippen molar-refractivity contribution >= 4 is 15.9 Å². The zero-order valence-electron chi connectivity index (χ0n) is 13.2. The van der Waals surface area contributed by atoms with E-state index >= 15 is 0 Å². The fourth-order valence-corrected chi connectivity index (χ4v) is 4.21. The van der Waals surface area contributed by atoms with E-state index in [-0.39, 0.29) is 0 Å². The van der Waals surface area contributed by atoms with E-state index in [9.17, 15) is 0 Å². The quantitative estimate of drug-likeness (QED) is 0.862. The van der Waals surface area contributed by atoms with Crippen LogP contribution in [0.2, 0.25) is 0 Å². The second-order valence-electron chi connectivity index (χ2n) is 6.43. The molecule has 0 saturated heterocycles. The zero-order valence-corrected chi connectivity index (χ0v) is 14.8. The lowest BCUT2D eigenvalue weighted by molar-refractivity contribution is 0.218. The Bertz CT molecular complexity index is 427. The van der Waals surface area contributed by atoms with Gasteiger partial charge >= 0.3 is 0 Å². The molecule has 0 radical (unpaired) electrons. The molecule has 0 spiro atoms. The van der Waals surface area contributed by atoms with Crippen molar-refractivity contribution in [1.29, 1.82) is 0 Å². The van der Waals surface area contributed by atoms with Gasteiger partial charge in [0.2, 0.25) is 0 Å². The molecule has 114 valence electrons. The van der Waals surface area contributed by atoms with Gasteiger partial charge in [0.15, 0.2) is 0 Å². The summed E-state index contributed by atoms with van der Waals surface area (Å²) in [6, 6.07) is 0.425. The Kier molecular flexibility index (Phi) is 5.67. The van der Waals surface area contributed by atoms with Crippen molar-refractivity contribution in [1.82, 2.24) is 15.1 Å². The minimum Gasteiger partial charge on any atom is -0.319 e. The summed E-state index contributed by atoms with van der Waals surface area (Å²) < 4.78 is 3.41. The maximum atomic E-state index is 4.59. The monoisotopic (exact) mass is 341 g/mol. The van der Waals surface area contributed by atoms with E-state index in [4.69, 9.17) is 0 Å². The first-order chi connectivity index (χ1) is 9.58. The summed E-state index contributed by atoms with van der Waals surface area (Å²) in [6.07, 6.45) is 7.30. The molecular weight excluding hydrogens is 314 g/mol. The Morgan fingerprint density at radius 3 is 2.80 bits per heavy atom. The first-order valence-corrected chi connectivity index (χ1v) is 8.75. The van der Waals surface area contributed by atoms with E-state index in [1.165, 1.54) is 35.8 Å². The van der Waals surface area contributed by atoms with E-state index in [1.807, 2.05) is 6.20 Å². The van der Waals surface area contributed by atoms with Gasteiger partial charge in [0, 0.05) is 12.0 Å². The topological polar surface area (TPSA) is 29.9 Å². The highest BCUT2D eigenvalue weighted by molar-refractivity contribution is 9.10. The third-order valence-corrected chi connectivity index (χ3v) is 5.38. The van der Waals surface area contributed by atoms with Crippen molar-refractivity contribution < 1.29 is 0 Å². The van der Waals surface area contributed by atoms with Gasteiger partial charge < -0.3 is 5.32 Å². The Balaban J connectivity index is 2.32. The molecule has 1 aliphatic rings. The zero-order chi connectivity index (χ0) is 14.7. The van der Waals surface area contributed by atoms with Crippen molar-refractivity contribution in [2.75, 3.05) is 13.6 Å². The summed E-state index contributed by atoms with van der Waals surface area (Å²) in [5.41, 5.74) is 1.42. The van der Waals surface area contributed by atoms with Crippen LogP contribution in [0.1, 0.15) is 64.1 Å². The first kappa shape index (κ1) is 16.0. The fraction of sp³-hybridized carbons (Fsp3) is 0.812. The number of hydrogen-bond acceptors (Lipinski definition) is 2. The van der Waals surface area contributed by atoms with Crippen LogP contribution in [0.25, 0.3) is 0 Å². The van der Waals surface area contributed by atoms with Crippen LogP contribution in [0.5, 0.6) is 0 Å². The van der Waals surface area contributed by atoms with E-state index in [0.717, 1.165) is 18.4 Å². The molecule has 0 bridgehead atoms. The van der Waals surface area contributed by atoms with Gasteiger partial charge in [0.25, 0.3) is 0 Å². The lowest BCUT2D eigenvalue weighted by atomic mass is 9.71. The molecule has 2 rings (SSSR count). The van der Waals surface area contributed by atoms with Gasteiger partial charge in [-0.2, -0.15) is 5.10 Å². The van der Waals surface area contributed by atoms with Crippen molar-refractivity contribution in [3.8, 4) is 0 Å². The van der Waals surface area contributed by atoms with Crippen molar-refractivity contribution in [3.05, 3.63) is 16.4 Å². The van der Waals surface area contributed by atoms with Crippen molar-refractivity contribution in [2.24, 2.45) is 11.8 Å². The molecule has 3 nitrogen and oxygen atoms in total. The van der Waals surface area contributed by atoms with E-state index in [1.54, 1.807) is 0 Å². The number of halogens is 1. The van der Waals surface area contributed by atoms with Crippen LogP contribution in [-0.2, 0) is 0 Å². The van der Waals surface area contributed by atoms with E-state index in [2.05, 4.69) is 58.8 Å². The largest absolute Gasteiger partial charge is 0.319 e. The summed E-state index contributed by atoms with van der Waals surface area (Å²) in [5, 5.41) is 7.97. The van der Waals surface area contributed by atoms with Crippen molar-refractivity contribution in [2.45, 2.75) is 58.4 Å². The fourth-order valence-electron chi connectivity index (χ4n) is 3.64. The summed E-state index contributed by atoms with van der Waals surface area (Å²) in [4.78, 5) is 0. The molecule has 1 saturated carbocycles. The minimum absolute atomic E-state index is 0.425. The van der Waals surface area contributed by atoms with Gasteiger partial charge in [-0.05, 0) is 68.0 Å². The van der Waals surface area contributed by atoms with Gasteiger partial charge in [-0.3, -0.25) is 4.68 Å². The Labute approximate surface area is 131 Å². The van der Waals surface area contributed by atoms with Gasteiger partial charge in [0.05, 0.1) is 16.4 Å². The summed E-state index contributed by atoms with van der Waals surface area (Å²) in [7, 11) is 2.07. The Hall–Kier alpha value is -0.350. The average Bonchev–Trinajstić information content (AvgIpc) is 2.81. The van der Waals surface area contributed by atoms with Crippen LogP contribution < -0.4 is 5.32 Å². The lowest BCUT2D eigenvalue weighted by Crippen LogP contribution is -2.32. The second kappa shape index (κ2) is 7.08. The summed E-state index contributed by atoms with van der Waals surface area (Å²) in [5.74, 6) is 2.23. The molecule has 3 atom stereocenters. The highest BCUT2D eigenvalue weighted by atomic mass is 79.9. The number of nitrogens with one attached hydrogen (secondary N) is 1. The Morgan fingerprint density at radius 1 is 1.45 bits per heavy atom. The van der Waals surface area contributed by atoms with E-state index in [0.29, 0.717) is 12.0 Å². The molecule has 0 aromatic carbocycles. The molecule has 4 heteroatoms. The second-order valence-corrected chi connectivity index (χ2v) is 7.28. The highest BCUT2D eigenvalue weighted by Gasteiger charge is 2.34. The minimum atomic E-state index is 0.425. The van der Waals surface area contributed by atoms with Crippen LogP contribution in [0, 0.1) is 11.8 Å². The van der Waals surface area contributed by atoms with Crippen LogP contribution in [-0.4, -0.2) is 23.4 Å². The molecule has 1 N–H and O–H groups in total. The summed E-state index contributed by atoms with van der Waals surface area (Å²) in [6.45, 7) is 7.87. The normalized spacial score (nSPS) is 27.2. The maximum Gasteiger partial charge on any atom is 0.0635 e. The Morgan fingerprint density at radius 2 is 2.20 bits per heavy atom. The van der Waals surface area contributed by atoms with Gasteiger partial charge in [-0.25, -0.2) is 0 Å². The molecule has 1 heterocycles. The van der Waals surface area contributed by atoms with Gasteiger partial charge in [-0.15, -0.1) is 0 Å². The molecule has 1 aromatic heterocycles. The molecule has 3 unspecified atom stereocenters. The van der Waals surface area contributed by atoms with Crippen molar-refractivity contribution in [3.63, 3.8) is 0 Å². The highest BCUT2D eigenvalue weighted by Crippen LogP contribution is 2.44. The molecule has 1 aromatic rings. The predicted octanol–water partition coefficient (Wildman–Crippen LogP) is 4.36. The molecule has 20 heavy (non-hydrogen) atoms. The summed E-state index contributed by atoms with van der Waals surface area (Å²) >= 11 is 3.74. The van der Waals surface area contributed by atoms with Crippen LogP contribution in [0.4, 0.5) is 0 Å². The van der Waals surface area contributed by atoms with Crippen LogP contribution in [0.15, 0.2) is 10.7 Å². The molecule has 0 amide bonds. The lowest BCUT2D eigenvalue weighted by Gasteiger charge is -2.37. The number of aromatic nitrogens is 2. The first-order valence-electron chi connectivity index (χ1n) is 7.95. The van der Waals surface area contributed by atoms with Crippen LogP contribution >= 0.6 is 15.9 Å².